The van der Waals surface area contributed by atoms with Crippen molar-refractivity contribution in [3.8, 4) is 11.5 Å². The Morgan fingerprint density at radius 2 is 1.77 bits per heavy atom. The van der Waals surface area contributed by atoms with Crippen LogP contribution in [0.15, 0.2) is 42.5 Å². The Bertz CT molecular complexity index is 945. The van der Waals surface area contributed by atoms with Crippen molar-refractivity contribution < 1.29 is 19.1 Å². The average Bonchev–Trinajstić information content (AvgIpc) is 3.45. The van der Waals surface area contributed by atoms with E-state index in [9.17, 15) is 9.59 Å². The first-order valence-corrected chi connectivity index (χ1v) is 11.3. The molecule has 0 spiro atoms. The maximum Gasteiger partial charge on any atom is 0.247 e. The van der Waals surface area contributed by atoms with Gasteiger partial charge in [-0.25, -0.2) is 0 Å². The molecule has 2 aliphatic rings. The van der Waals surface area contributed by atoms with Gasteiger partial charge in [-0.3, -0.25) is 9.59 Å². The molecule has 1 fully saturated rings. The quantitative estimate of drug-likeness (QED) is 0.617. The smallest absolute Gasteiger partial charge is 0.247 e. The van der Waals surface area contributed by atoms with Gasteiger partial charge in [-0.1, -0.05) is 42.6 Å². The highest BCUT2D eigenvalue weighted by Crippen LogP contribution is 2.34. The number of halogens is 2. The molecule has 2 aromatic rings. The van der Waals surface area contributed by atoms with Crippen molar-refractivity contribution in [2.24, 2.45) is 0 Å². The number of nitrogens with one attached hydrogen (secondary N) is 1. The van der Waals surface area contributed by atoms with E-state index in [1.807, 2.05) is 12.1 Å². The molecule has 0 saturated heterocycles. The number of ether oxygens (including phenoxy) is 2. The van der Waals surface area contributed by atoms with Crippen LogP contribution in [0.3, 0.4) is 0 Å². The Balaban J connectivity index is 1.66. The lowest BCUT2D eigenvalue weighted by atomic mass is 10.0. The predicted octanol–water partition coefficient (Wildman–Crippen LogP) is 4.44. The molecular formula is C23H24Cl2N2O4. The SMILES string of the molecule is O=C(NC1CCCC1)C(c1ccc(Cl)cc1)N(Cc1ccc2c(c1)OCO2)C(=O)CCl. The summed E-state index contributed by atoms with van der Waals surface area (Å²) in [5.41, 5.74) is 1.49. The van der Waals surface area contributed by atoms with Crippen molar-refractivity contribution >= 4 is 35.0 Å². The largest absolute Gasteiger partial charge is 0.454 e. The van der Waals surface area contributed by atoms with Gasteiger partial charge in [-0.2, -0.15) is 0 Å². The summed E-state index contributed by atoms with van der Waals surface area (Å²) >= 11 is 12.0. The van der Waals surface area contributed by atoms with E-state index in [-0.39, 0.29) is 37.1 Å². The minimum absolute atomic E-state index is 0.126. The Morgan fingerprint density at radius 1 is 1.06 bits per heavy atom. The van der Waals surface area contributed by atoms with E-state index in [4.69, 9.17) is 32.7 Å². The molecule has 4 rings (SSSR count). The molecule has 0 aromatic heterocycles. The molecule has 1 saturated carbocycles. The second kappa shape index (κ2) is 9.79. The third-order valence-electron chi connectivity index (χ3n) is 5.67. The van der Waals surface area contributed by atoms with Gasteiger partial charge in [0, 0.05) is 17.6 Å². The van der Waals surface area contributed by atoms with Gasteiger partial charge in [-0.05, 0) is 48.2 Å². The van der Waals surface area contributed by atoms with Crippen LogP contribution >= 0.6 is 23.2 Å². The molecule has 0 radical (unpaired) electrons. The number of amides is 2. The molecule has 6 nitrogen and oxygen atoms in total. The molecule has 1 unspecified atom stereocenters. The van der Waals surface area contributed by atoms with Gasteiger partial charge in [0.15, 0.2) is 11.5 Å². The van der Waals surface area contributed by atoms with Crippen molar-refractivity contribution in [2.45, 2.75) is 44.3 Å². The lowest BCUT2D eigenvalue weighted by Crippen LogP contribution is -2.46. The highest BCUT2D eigenvalue weighted by Gasteiger charge is 2.33. The standard InChI is InChI=1S/C23H24Cl2N2O4/c24-12-21(28)27(13-15-5-10-19-20(11-15)31-14-30-19)22(16-6-8-17(25)9-7-16)23(29)26-18-3-1-2-4-18/h5-11,18,22H,1-4,12-14H2,(H,26,29). The molecule has 8 heteroatoms. The number of benzene rings is 2. The van der Waals surface area contributed by atoms with E-state index in [1.54, 1.807) is 30.3 Å². The van der Waals surface area contributed by atoms with E-state index in [2.05, 4.69) is 5.32 Å². The van der Waals surface area contributed by atoms with Crippen LogP contribution in [0.25, 0.3) is 0 Å². The zero-order valence-electron chi connectivity index (χ0n) is 17.0. The van der Waals surface area contributed by atoms with E-state index < -0.39 is 6.04 Å². The molecule has 31 heavy (non-hydrogen) atoms. The van der Waals surface area contributed by atoms with Crippen LogP contribution < -0.4 is 14.8 Å². The maximum absolute atomic E-state index is 13.4. The summed E-state index contributed by atoms with van der Waals surface area (Å²) in [5, 5.41) is 3.69. The molecule has 0 bridgehead atoms. The second-order valence-electron chi connectivity index (χ2n) is 7.79. The number of carbonyl (C=O) groups excluding carboxylic acids is 2. The van der Waals surface area contributed by atoms with E-state index in [0.717, 1.165) is 31.2 Å². The van der Waals surface area contributed by atoms with Gasteiger partial charge in [0.1, 0.15) is 11.9 Å². The summed E-state index contributed by atoms with van der Waals surface area (Å²) < 4.78 is 10.8. The fourth-order valence-electron chi connectivity index (χ4n) is 4.10. The third-order valence-corrected chi connectivity index (χ3v) is 6.15. The third kappa shape index (κ3) is 5.08. The Labute approximate surface area is 191 Å². The van der Waals surface area contributed by atoms with Gasteiger partial charge < -0.3 is 19.7 Å². The van der Waals surface area contributed by atoms with Crippen molar-refractivity contribution in [3.05, 3.63) is 58.6 Å². The van der Waals surface area contributed by atoms with E-state index in [0.29, 0.717) is 22.1 Å². The second-order valence-corrected chi connectivity index (χ2v) is 8.49. The lowest BCUT2D eigenvalue weighted by molar-refractivity contribution is -0.140. The van der Waals surface area contributed by atoms with Crippen molar-refractivity contribution in [3.63, 3.8) is 0 Å². The molecule has 2 aromatic carbocycles. The normalized spacial score (nSPS) is 16.2. The Hall–Kier alpha value is -2.44. The highest BCUT2D eigenvalue weighted by molar-refractivity contribution is 6.30. The van der Waals surface area contributed by atoms with Gasteiger partial charge in [0.25, 0.3) is 0 Å². The number of hydrogen-bond donors (Lipinski definition) is 1. The molecule has 1 atom stereocenters. The molecule has 1 heterocycles. The van der Waals surface area contributed by atoms with Gasteiger partial charge >= 0.3 is 0 Å². The summed E-state index contributed by atoms with van der Waals surface area (Å²) in [5.74, 6) is 0.501. The van der Waals surface area contributed by atoms with Gasteiger partial charge in [0.2, 0.25) is 18.6 Å². The van der Waals surface area contributed by atoms with Crippen molar-refractivity contribution in [1.82, 2.24) is 10.2 Å². The molecule has 2 amide bonds. The van der Waals surface area contributed by atoms with E-state index in [1.165, 1.54) is 4.90 Å². The summed E-state index contributed by atoms with van der Waals surface area (Å²) in [6.07, 6.45) is 4.09. The molecular weight excluding hydrogens is 439 g/mol. The minimum atomic E-state index is -0.825. The Kier molecular flexibility index (Phi) is 6.88. The zero-order valence-corrected chi connectivity index (χ0v) is 18.5. The number of alkyl halides is 1. The van der Waals surface area contributed by atoms with Crippen LogP contribution in [0, 0.1) is 0 Å². The highest BCUT2D eigenvalue weighted by atomic mass is 35.5. The summed E-state index contributed by atoms with van der Waals surface area (Å²) in [4.78, 5) is 27.8. The average molecular weight is 463 g/mol. The van der Waals surface area contributed by atoms with Crippen LogP contribution in [-0.2, 0) is 16.1 Å². The predicted molar refractivity (Wildman–Crippen MR) is 118 cm³/mol. The minimum Gasteiger partial charge on any atom is -0.454 e. The van der Waals surface area contributed by atoms with Crippen LogP contribution in [0.2, 0.25) is 5.02 Å². The van der Waals surface area contributed by atoms with Crippen LogP contribution in [0.1, 0.15) is 42.9 Å². The first-order chi connectivity index (χ1) is 15.0. The fourth-order valence-corrected chi connectivity index (χ4v) is 4.38. The fraction of sp³-hybridized carbons (Fsp3) is 0.391. The van der Waals surface area contributed by atoms with Crippen LogP contribution in [0.4, 0.5) is 0 Å². The number of rotatable bonds is 7. The molecule has 1 N–H and O–H groups in total. The summed E-state index contributed by atoms with van der Waals surface area (Å²) in [7, 11) is 0. The number of fused-ring (bicyclic) bond motifs is 1. The molecule has 1 aliphatic carbocycles. The number of carbonyl (C=O) groups is 2. The van der Waals surface area contributed by atoms with Crippen molar-refractivity contribution in [2.75, 3.05) is 12.7 Å². The van der Waals surface area contributed by atoms with Gasteiger partial charge in [-0.15, -0.1) is 11.6 Å². The first kappa shape index (κ1) is 21.8. The number of nitrogens with zero attached hydrogens (tertiary/aromatic N) is 1. The molecule has 1 aliphatic heterocycles. The van der Waals surface area contributed by atoms with Crippen molar-refractivity contribution in [1.29, 1.82) is 0 Å². The zero-order chi connectivity index (χ0) is 21.8. The lowest BCUT2D eigenvalue weighted by Gasteiger charge is -2.32. The topological polar surface area (TPSA) is 67.9 Å². The van der Waals surface area contributed by atoms with Crippen LogP contribution in [-0.4, -0.2) is 35.4 Å². The van der Waals surface area contributed by atoms with E-state index >= 15 is 0 Å². The first-order valence-electron chi connectivity index (χ1n) is 10.3. The number of hydrogen-bond acceptors (Lipinski definition) is 4. The van der Waals surface area contributed by atoms with Crippen LogP contribution in [0.5, 0.6) is 11.5 Å². The van der Waals surface area contributed by atoms with Gasteiger partial charge in [0.05, 0.1) is 0 Å². The Morgan fingerprint density at radius 3 is 2.48 bits per heavy atom. The summed E-state index contributed by atoms with van der Waals surface area (Å²) in [6, 6.07) is 11.8. The maximum atomic E-state index is 13.4. The summed E-state index contributed by atoms with van der Waals surface area (Å²) in [6.45, 7) is 0.369. The monoisotopic (exact) mass is 462 g/mol. The molecule has 164 valence electrons.